The van der Waals surface area contributed by atoms with Crippen LogP contribution in [0.3, 0.4) is 0 Å². The molecule has 2 fully saturated rings. The fraction of sp³-hybridized carbons (Fsp3) is 0.533. The molecule has 2 saturated carbocycles. The van der Waals surface area contributed by atoms with Gasteiger partial charge in [-0.05, 0) is 38.5 Å². The fourth-order valence-electron chi connectivity index (χ4n) is 4.08. The second kappa shape index (κ2) is 5.02. The van der Waals surface area contributed by atoms with Gasteiger partial charge in [0, 0.05) is 18.0 Å². The first-order valence-corrected chi connectivity index (χ1v) is 7.10. The Kier molecular flexibility index (Phi) is 3.31. The molecule has 2 aliphatic carbocycles. The quantitative estimate of drug-likeness (QED) is 0.837. The Morgan fingerprint density at radius 2 is 1.95 bits per heavy atom. The van der Waals surface area contributed by atoms with Crippen molar-refractivity contribution in [3.63, 3.8) is 0 Å². The van der Waals surface area contributed by atoms with Crippen LogP contribution in [0.25, 0.3) is 0 Å². The van der Waals surface area contributed by atoms with Crippen molar-refractivity contribution in [1.82, 2.24) is 5.16 Å². The van der Waals surface area contributed by atoms with E-state index < -0.39 is 17.8 Å². The van der Waals surface area contributed by atoms with Gasteiger partial charge in [0.15, 0.2) is 5.82 Å². The van der Waals surface area contributed by atoms with Crippen molar-refractivity contribution < 1.29 is 19.2 Å². The molecular weight excluding hydrogens is 272 g/mol. The van der Waals surface area contributed by atoms with E-state index in [0.717, 1.165) is 24.0 Å². The zero-order chi connectivity index (χ0) is 15.1. The fourth-order valence-corrected chi connectivity index (χ4v) is 4.08. The Labute approximate surface area is 122 Å². The topological polar surface area (TPSA) is 95.3 Å². The van der Waals surface area contributed by atoms with Crippen molar-refractivity contribution in [3.8, 4) is 0 Å². The maximum Gasteiger partial charge on any atom is 0.230 e. The summed E-state index contributed by atoms with van der Waals surface area (Å²) in [6.07, 6.45) is 3.03. The Balaban J connectivity index is 1.91. The average Bonchev–Trinajstić information content (AvgIpc) is 3.11. The van der Waals surface area contributed by atoms with Crippen molar-refractivity contribution in [3.05, 3.63) is 23.5 Å². The zero-order valence-corrected chi connectivity index (χ0v) is 12.0. The second-order valence-corrected chi connectivity index (χ2v) is 5.99. The van der Waals surface area contributed by atoms with E-state index in [2.05, 4.69) is 15.0 Å². The number of allylic oxidation sites excluding steroid dienone is 2. The number of anilines is 1. The maximum absolute atomic E-state index is 12.5. The summed E-state index contributed by atoms with van der Waals surface area (Å²) in [6.45, 7) is 3.95. The molecule has 21 heavy (non-hydrogen) atoms. The monoisotopic (exact) mass is 289 g/mol. The van der Waals surface area contributed by atoms with Crippen LogP contribution in [0.2, 0.25) is 0 Å². The Morgan fingerprint density at radius 1 is 1.29 bits per heavy atom. The lowest BCUT2D eigenvalue weighted by Crippen LogP contribution is -2.44. The number of hydrogen-bond acceptors (Lipinski definition) is 5. The minimum absolute atomic E-state index is 0.00481. The minimum Gasteiger partial charge on any atom is -0.550 e. The molecule has 0 spiro atoms. The van der Waals surface area contributed by atoms with Gasteiger partial charge in [0.05, 0.1) is 5.92 Å². The number of nitrogens with one attached hydrogen (secondary N) is 1. The molecule has 0 saturated heterocycles. The summed E-state index contributed by atoms with van der Waals surface area (Å²) in [4.78, 5) is 24.0. The average molecular weight is 289 g/mol. The van der Waals surface area contributed by atoms with E-state index in [1.165, 1.54) is 12.3 Å². The van der Waals surface area contributed by atoms with Crippen LogP contribution in [-0.2, 0) is 9.59 Å². The SMILES string of the molecule is CC(C)=C1[C@H]2CC[C@@H]1[C@@H](C(=O)Nc1ccon1)[C@H]2C(=O)[O-]. The highest BCUT2D eigenvalue weighted by molar-refractivity contribution is 5.95. The highest BCUT2D eigenvalue weighted by Gasteiger charge is 2.54. The lowest BCUT2D eigenvalue weighted by molar-refractivity contribution is -0.314. The molecule has 2 bridgehead atoms. The van der Waals surface area contributed by atoms with E-state index in [9.17, 15) is 14.7 Å². The third-order valence-corrected chi connectivity index (χ3v) is 4.68. The zero-order valence-electron chi connectivity index (χ0n) is 12.0. The predicted molar refractivity (Wildman–Crippen MR) is 71.7 cm³/mol. The first-order valence-electron chi connectivity index (χ1n) is 7.10. The first kappa shape index (κ1) is 13.9. The standard InChI is InChI=1S/C15H18N2O4/c1-7(2)11-8-3-4-9(11)13(15(19)20)12(8)14(18)16-10-5-6-21-17-10/h5-6,8-9,12-13H,3-4H2,1-2H3,(H,19,20)(H,16,17,18)/p-1/t8-,9+,12+,13-/m0/s1. The van der Waals surface area contributed by atoms with Gasteiger partial charge in [-0.15, -0.1) is 0 Å². The molecular formula is C15H17N2O4-. The van der Waals surface area contributed by atoms with E-state index in [0.29, 0.717) is 5.82 Å². The number of carboxylic acids is 1. The minimum atomic E-state index is -1.14. The number of carbonyl (C=O) groups excluding carboxylic acids is 2. The molecule has 1 aromatic rings. The Hall–Kier alpha value is -2.11. The van der Waals surface area contributed by atoms with E-state index in [4.69, 9.17) is 0 Å². The highest BCUT2D eigenvalue weighted by Crippen LogP contribution is 2.57. The third-order valence-electron chi connectivity index (χ3n) is 4.68. The van der Waals surface area contributed by atoms with E-state index in [1.807, 2.05) is 13.8 Å². The van der Waals surface area contributed by atoms with Gasteiger partial charge in [-0.3, -0.25) is 4.79 Å². The normalized spacial score (nSPS) is 30.5. The first-order chi connectivity index (χ1) is 10.0. The summed E-state index contributed by atoms with van der Waals surface area (Å²) < 4.78 is 4.67. The van der Waals surface area contributed by atoms with Crippen LogP contribution in [0.5, 0.6) is 0 Å². The summed E-state index contributed by atoms with van der Waals surface area (Å²) in [5, 5.41) is 17.8. The van der Waals surface area contributed by atoms with Gasteiger partial charge in [-0.2, -0.15) is 0 Å². The van der Waals surface area contributed by atoms with Crippen molar-refractivity contribution in [2.75, 3.05) is 5.32 Å². The smallest absolute Gasteiger partial charge is 0.230 e. The molecule has 1 amide bonds. The molecule has 6 heteroatoms. The summed E-state index contributed by atoms with van der Waals surface area (Å²) in [6, 6.07) is 1.53. The number of carboxylic acid groups (broad SMARTS) is 1. The largest absolute Gasteiger partial charge is 0.550 e. The van der Waals surface area contributed by atoms with Crippen LogP contribution < -0.4 is 10.4 Å². The summed E-state index contributed by atoms with van der Waals surface area (Å²) in [5.74, 6) is -2.56. The van der Waals surface area contributed by atoms with Gasteiger partial charge in [-0.1, -0.05) is 16.3 Å². The number of carbonyl (C=O) groups is 2. The molecule has 0 unspecified atom stereocenters. The van der Waals surface area contributed by atoms with E-state index in [-0.39, 0.29) is 17.7 Å². The molecule has 1 aromatic heterocycles. The van der Waals surface area contributed by atoms with Crippen molar-refractivity contribution >= 4 is 17.7 Å². The second-order valence-electron chi connectivity index (χ2n) is 5.99. The number of aliphatic carboxylic acids is 1. The molecule has 1 heterocycles. The lowest BCUT2D eigenvalue weighted by atomic mass is 9.79. The Bertz CT molecular complexity index is 601. The van der Waals surface area contributed by atoms with Gasteiger partial charge in [0.25, 0.3) is 0 Å². The molecule has 0 radical (unpaired) electrons. The molecule has 1 N–H and O–H groups in total. The lowest BCUT2D eigenvalue weighted by Gasteiger charge is -2.29. The van der Waals surface area contributed by atoms with Gasteiger partial charge >= 0.3 is 0 Å². The summed E-state index contributed by atoms with van der Waals surface area (Å²) in [7, 11) is 0. The van der Waals surface area contributed by atoms with Gasteiger partial charge in [0.2, 0.25) is 5.91 Å². The van der Waals surface area contributed by atoms with Crippen LogP contribution in [0.15, 0.2) is 28.0 Å². The number of nitrogens with zero attached hydrogens (tertiary/aromatic N) is 1. The predicted octanol–water partition coefficient (Wildman–Crippen LogP) is 0.972. The third kappa shape index (κ3) is 2.14. The van der Waals surface area contributed by atoms with Crippen molar-refractivity contribution in [2.24, 2.45) is 23.7 Å². The molecule has 2 aliphatic rings. The van der Waals surface area contributed by atoms with Gasteiger partial charge in [-0.25, -0.2) is 0 Å². The van der Waals surface area contributed by atoms with Crippen LogP contribution >= 0.6 is 0 Å². The van der Waals surface area contributed by atoms with Gasteiger partial charge in [0.1, 0.15) is 6.26 Å². The van der Waals surface area contributed by atoms with E-state index >= 15 is 0 Å². The van der Waals surface area contributed by atoms with Crippen LogP contribution in [0.1, 0.15) is 26.7 Å². The van der Waals surface area contributed by atoms with Crippen LogP contribution in [-0.4, -0.2) is 17.0 Å². The Morgan fingerprint density at radius 3 is 2.48 bits per heavy atom. The summed E-state index contributed by atoms with van der Waals surface area (Å²) in [5.41, 5.74) is 2.25. The maximum atomic E-state index is 12.5. The van der Waals surface area contributed by atoms with Gasteiger partial charge < -0.3 is 19.7 Å². The number of hydrogen-bond donors (Lipinski definition) is 1. The number of fused-ring (bicyclic) bond motifs is 2. The number of rotatable bonds is 3. The van der Waals surface area contributed by atoms with Crippen LogP contribution in [0.4, 0.5) is 5.82 Å². The summed E-state index contributed by atoms with van der Waals surface area (Å²) >= 11 is 0. The number of amides is 1. The van der Waals surface area contributed by atoms with Crippen molar-refractivity contribution in [1.29, 1.82) is 0 Å². The number of aromatic nitrogens is 1. The molecule has 6 nitrogen and oxygen atoms in total. The van der Waals surface area contributed by atoms with Crippen molar-refractivity contribution in [2.45, 2.75) is 26.7 Å². The van der Waals surface area contributed by atoms with Crippen LogP contribution in [0, 0.1) is 23.7 Å². The molecule has 112 valence electrons. The molecule has 0 aromatic carbocycles. The molecule has 4 atom stereocenters. The highest BCUT2D eigenvalue weighted by atomic mass is 16.5. The van der Waals surface area contributed by atoms with E-state index in [1.54, 1.807) is 0 Å². The molecule has 0 aliphatic heterocycles. The molecule has 3 rings (SSSR count).